The number of fused-ring (bicyclic) bond motifs is 1. The van der Waals surface area contributed by atoms with E-state index < -0.39 is 6.10 Å². The minimum Gasteiger partial charge on any atom is -0.381 e. The predicted octanol–water partition coefficient (Wildman–Crippen LogP) is 2.35. The van der Waals surface area contributed by atoms with Gasteiger partial charge in [0.25, 0.3) is 0 Å². The zero-order chi connectivity index (χ0) is 24.4. The minimum absolute atomic E-state index is 0.0418. The summed E-state index contributed by atoms with van der Waals surface area (Å²) in [6.07, 6.45) is 9.69. The Kier molecular flexibility index (Phi) is 8.44. The first kappa shape index (κ1) is 25.6. The highest BCUT2D eigenvalue weighted by Crippen LogP contribution is 2.37. The normalized spacial score (nSPS) is 41.4. The summed E-state index contributed by atoms with van der Waals surface area (Å²) < 4.78 is 18.1. The van der Waals surface area contributed by atoms with Gasteiger partial charge in [-0.2, -0.15) is 0 Å². The summed E-state index contributed by atoms with van der Waals surface area (Å²) in [5.74, 6) is 0.566. The van der Waals surface area contributed by atoms with Crippen molar-refractivity contribution < 1.29 is 23.8 Å². The Hall–Kier alpha value is -1.06. The van der Waals surface area contributed by atoms with Gasteiger partial charge in [-0.15, -0.1) is 0 Å². The van der Waals surface area contributed by atoms with Crippen LogP contribution in [-0.2, 0) is 23.8 Å². The summed E-state index contributed by atoms with van der Waals surface area (Å²) in [6.45, 7) is 6.69. The SMILES string of the molecule is COC1CCC2C(=O)C(OC3CCC(C(=O)N4CCN(C5CCCCN5)CC4)CC3)C(C)OC2C1. The van der Waals surface area contributed by atoms with Crippen molar-refractivity contribution in [3.05, 3.63) is 0 Å². The molecular formula is C27H45N3O5. The molecule has 0 bridgehead atoms. The molecule has 3 saturated heterocycles. The number of carbonyl (C=O) groups is 2. The molecule has 2 saturated carbocycles. The molecule has 6 unspecified atom stereocenters. The van der Waals surface area contributed by atoms with E-state index in [0.29, 0.717) is 12.1 Å². The van der Waals surface area contributed by atoms with Crippen molar-refractivity contribution in [2.24, 2.45) is 11.8 Å². The summed E-state index contributed by atoms with van der Waals surface area (Å²) in [5.41, 5.74) is 0. The number of nitrogens with zero attached hydrogens (tertiary/aromatic N) is 2. The van der Waals surface area contributed by atoms with Gasteiger partial charge in [-0.05, 0) is 71.3 Å². The van der Waals surface area contributed by atoms with E-state index in [4.69, 9.17) is 14.2 Å². The number of carbonyl (C=O) groups excluding carboxylic acids is 2. The third kappa shape index (κ3) is 5.77. The van der Waals surface area contributed by atoms with Crippen molar-refractivity contribution >= 4 is 11.7 Å². The highest BCUT2D eigenvalue weighted by atomic mass is 16.6. The van der Waals surface area contributed by atoms with Crippen LogP contribution in [0.3, 0.4) is 0 Å². The molecule has 3 heterocycles. The van der Waals surface area contributed by atoms with Crippen molar-refractivity contribution in [2.75, 3.05) is 39.8 Å². The van der Waals surface area contributed by atoms with Gasteiger partial charge < -0.3 is 24.4 Å². The maximum atomic E-state index is 13.2. The second-order valence-electron chi connectivity index (χ2n) is 11.4. The molecule has 198 valence electrons. The summed E-state index contributed by atoms with van der Waals surface area (Å²) in [7, 11) is 1.74. The lowest BCUT2D eigenvalue weighted by molar-refractivity contribution is -0.196. The first-order valence-corrected chi connectivity index (χ1v) is 14.2. The van der Waals surface area contributed by atoms with E-state index in [9.17, 15) is 9.59 Å². The molecule has 0 radical (unpaired) electrons. The van der Waals surface area contributed by atoms with Crippen LogP contribution in [0.25, 0.3) is 0 Å². The molecule has 0 aromatic carbocycles. The molecule has 5 fully saturated rings. The van der Waals surface area contributed by atoms with Gasteiger partial charge in [-0.25, -0.2) is 0 Å². The van der Waals surface area contributed by atoms with Gasteiger partial charge >= 0.3 is 0 Å². The summed E-state index contributed by atoms with van der Waals surface area (Å²) in [4.78, 5) is 31.1. The Morgan fingerprint density at radius 1 is 0.971 bits per heavy atom. The monoisotopic (exact) mass is 491 g/mol. The lowest BCUT2D eigenvalue weighted by atomic mass is 9.77. The zero-order valence-corrected chi connectivity index (χ0v) is 21.7. The number of ether oxygens (including phenoxy) is 3. The molecule has 8 heteroatoms. The smallest absolute Gasteiger partial charge is 0.225 e. The van der Waals surface area contributed by atoms with Gasteiger partial charge in [-0.3, -0.25) is 14.5 Å². The predicted molar refractivity (Wildman–Crippen MR) is 132 cm³/mol. The molecule has 6 atom stereocenters. The molecule has 0 aromatic rings. The van der Waals surface area contributed by atoms with Gasteiger partial charge in [0.05, 0.1) is 30.6 Å². The maximum absolute atomic E-state index is 13.2. The van der Waals surface area contributed by atoms with Crippen LogP contribution >= 0.6 is 0 Å². The van der Waals surface area contributed by atoms with Gasteiger partial charge in [0.1, 0.15) is 6.10 Å². The zero-order valence-electron chi connectivity index (χ0n) is 21.7. The van der Waals surface area contributed by atoms with Crippen LogP contribution in [0.15, 0.2) is 0 Å². The second-order valence-corrected chi connectivity index (χ2v) is 11.4. The van der Waals surface area contributed by atoms with Crippen LogP contribution in [0.2, 0.25) is 0 Å². The number of ketones is 1. The van der Waals surface area contributed by atoms with E-state index in [1.54, 1.807) is 7.11 Å². The number of hydrogen-bond acceptors (Lipinski definition) is 7. The fraction of sp³-hybridized carbons (Fsp3) is 0.926. The lowest BCUT2D eigenvalue weighted by Gasteiger charge is -2.44. The number of hydrogen-bond donors (Lipinski definition) is 1. The fourth-order valence-electron chi connectivity index (χ4n) is 7.06. The van der Waals surface area contributed by atoms with Gasteiger partial charge in [0.15, 0.2) is 5.78 Å². The first-order valence-electron chi connectivity index (χ1n) is 14.2. The van der Waals surface area contributed by atoms with Gasteiger partial charge in [0, 0.05) is 51.5 Å². The van der Waals surface area contributed by atoms with Crippen molar-refractivity contribution in [3.8, 4) is 0 Å². The Labute approximate surface area is 210 Å². The number of methoxy groups -OCH3 is 1. The fourth-order valence-corrected chi connectivity index (χ4v) is 7.06. The molecule has 5 rings (SSSR count). The quantitative estimate of drug-likeness (QED) is 0.632. The Balaban J connectivity index is 1.06. The van der Waals surface area contributed by atoms with Crippen molar-refractivity contribution in [1.82, 2.24) is 15.1 Å². The first-order chi connectivity index (χ1) is 17.0. The molecular weight excluding hydrogens is 446 g/mol. The van der Waals surface area contributed by atoms with E-state index in [0.717, 1.165) is 77.7 Å². The van der Waals surface area contributed by atoms with Crippen LogP contribution in [0.4, 0.5) is 0 Å². The van der Waals surface area contributed by atoms with E-state index >= 15 is 0 Å². The highest BCUT2D eigenvalue weighted by Gasteiger charge is 2.47. The average molecular weight is 492 g/mol. The van der Waals surface area contributed by atoms with Crippen molar-refractivity contribution in [2.45, 2.75) is 108 Å². The summed E-state index contributed by atoms with van der Waals surface area (Å²) >= 11 is 0. The number of nitrogens with one attached hydrogen (secondary N) is 1. The van der Waals surface area contributed by atoms with E-state index in [-0.39, 0.29) is 42.0 Å². The van der Waals surface area contributed by atoms with E-state index in [1.807, 2.05) is 6.92 Å². The molecule has 8 nitrogen and oxygen atoms in total. The summed E-state index contributed by atoms with van der Waals surface area (Å²) in [5, 5.41) is 3.63. The van der Waals surface area contributed by atoms with Crippen LogP contribution in [0.5, 0.6) is 0 Å². The number of amides is 1. The van der Waals surface area contributed by atoms with Crippen LogP contribution in [0, 0.1) is 11.8 Å². The second kappa shape index (κ2) is 11.5. The molecule has 5 aliphatic rings. The minimum atomic E-state index is -0.478. The Morgan fingerprint density at radius 2 is 1.71 bits per heavy atom. The Bertz CT molecular complexity index is 728. The third-order valence-corrected chi connectivity index (χ3v) is 9.25. The van der Waals surface area contributed by atoms with Crippen LogP contribution in [0.1, 0.15) is 71.1 Å². The average Bonchev–Trinajstić information content (AvgIpc) is 2.91. The molecule has 3 aliphatic heterocycles. The largest absolute Gasteiger partial charge is 0.381 e. The summed E-state index contributed by atoms with van der Waals surface area (Å²) in [6, 6.07) is 0. The molecule has 1 N–H and O–H groups in total. The van der Waals surface area contributed by atoms with Crippen molar-refractivity contribution in [1.29, 1.82) is 0 Å². The molecule has 2 aliphatic carbocycles. The number of rotatable bonds is 5. The van der Waals surface area contributed by atoms with Crippen LogP contribution in [-0.4, -0.2) is 98.0 Å². The van der Waals surface area contributed by atoms with Crippen molar-refractivity contribution in [3.63, 3.8) is 0 Å². The number of piperazine rings is 1. The third-order valence-electron chi connectivity index (χ3n) is 9.25. The topological polar surface area (TPSA) is 80.3 Å². The standard InChI is InChI=1S/C27H45N3O5/c1-18-26(25(31)22-11-10-21(33-2)17-23(22)34-18)35-20-8-6-19(7-9-20)27(32)30-15-13-29(14-16-30)24-5-3-4-12-28-24/h18-24,26,28H,3-17H2,1-2H3. The van der Waals surface area contributed by atoms with Crippen LogP contribution < -0.4 is 5.32 Å². The van der Waals surface area contributed by atoms with E-state index in [1.165, 1.54) is 19.3 Å². The molecule has 0 spiro atoms. The Morgan fingerprint density at radius 3 is 2.40 bits per heavy atom. The molecule has 0 aromatic heterocycles. The molecule has 1 amide bonds. The molecule has 35 heavy (non-hydrogen) atoms. The lowest BCUT2D eigenvalue weighted by Crippen LogP contribution is -2.57. The van der Waals surface area contributed by atoms with Gasteiger partial charge in [-0.1, -0.05) is 0 Å². The van der Waals surface area contributed by atoms with E-state index in [2.05, 4.69) is 15.1 Å². The van der Waals surface area contributed by atoms with Gasteiger partial charge in [0.2, 0.25) is 5.91 Å². The number of piperidine rings is 1. The highest BCUT2D eigenvalue weighted by molar-refractivity contribution is 5.87. The maximum Gasteiger partial charge on any atom is 0.225 e. The number of Topliss-reactive ketones (excluding diaryl/α,β-unsaturated/α-hetero) is 1.